The van der Waals surface area contributed by atoms with Crippen LogP contribution >= 0.6 is 0 Å². The number of rotatable bonds is 11. The number of hydrogen-bond donors (Lipinski definition) is 1. The molecule has 0 aromatic heterocycles. The maximum Gasteiger partial charge on any atom is 0.0593 e. The van der Waals surface area contributed by atoms with Crippen molar-refractivity contribution in [3.05, 3.63) is 0 Å². The molecule has 0 aliphatic heterocycles. The zero-order valence-corrected chi connectivity index (χ0v) is 14.2. The Hall–Kier alpha value is -0.160. The Balaban J connectivity index is 2.44. The summed E-state index contributed by atoms with van der Waals surface area (Å²) in [5, 5.41) is 0. The monoisotopic (exact) mass is 300 g/mol. The second-order valence-corrected chi connectivity index (χ2v) is 6.29. The minimum atomic E-state index is 0.225. The maximum absolute atomic E-state index is 6.21. The summed E-state index contributed by atoms with van der Waals surface area (Å²) in [4.78, 5) is 2.62. The van der Waals surface area contributed by atoms with E-state index in [2.05, 4.69) is 11.8 Å². The van der Waals surface area contributed by atoms with Crippen LogP contribution < -0.4 is 5.73 Å². The third-order valence-corrected chi connectivity index (χ3v) is 4.72. The van der Waals surface area contributed by atoms with Gasteiger partial charge in [0.15, 0.2) is 0 Å². The zero-order chi connectivity index (χ0) is 15.4. The molecule has 2 N–H and O–H groups in total. The lowest BCUT2D eigenvalue weighted by Crippen LogP contribution is -2.55. The number of hydrogen-bond acceptors (Lipinski definition) is 4. The van der Waals surface area contributed by atoms with Gasteiger partial charge in [-0.15, -0.1) is 0 Å². The second kappa shape index (κ2) is 11.4. The molecule has 0 aromatic rings. The van der Waals surface area contributed by atoms with Crippen molar-refractivity contribution < 1.29 is 9.47 Å². The van der Waals surface area contributed by atoms with Crippen molar-refractivity contribution in [2.45, 2.75) is 63.8 Å². The lowest BCUT2D eigenvalue weighted by molar-refractivity contribution is 0.0309. The van der Waals surface area contributed by atoms with Gasteiger partial charge in [-0.3, -0.25) is 4.90 Å². The highest BCUT2D eigenvalue weighted by Crippen LogP contribution is 2.32. The van der Waals surface area contributed by atoms with Crippen LogP contribution in [0.15, 0.2) is 0 Å². The number of ether oxygens (including phenoxy) is 2. The molecule has 1 fully saturated rings. The van der Waals surface area contributed by atoms with Crippen LogP contribution in [0.2, 0.25) is 0 Å². The van der Waals surface area contributed by atoms with Gasteiger partial charge in [-0.2, -0.15) is 0 Å². The molecule has 1 aliphatic carbocycles. The van der Waals surface area contributed by atoms with Gasteiger partial charge in [0.25, 0.3) is 0 Å². The molecule has 0 spiro atoms. The Morgan fingerprint density at radius 1 is 1.00 bits per heavy atom. The van der Waals surface area contributed by atoms with Gasteiger partial charge in [-0.05, 0) is 32.2 Å². The largest absolute Gasteiger partial charge is 0.385 e. The smallest absolute Gasteiger partial charge is 0.0593 e. The van der Waals surface area contributed by atoms with Gasteiger partial charge >= 0.3 is 0 Å². The average Bonchev–Trinajstić information content (AvgIpc) is 2.76. The summed E-state index contributed by atoms with van der Waals surface area (Å²) in [5.74, 6) is 0. The van der Waals surface area contributed by atoms with E-state index in [4.69, 9.17) is 15.2 Å². The Labute approximate surface area is 131 Å². The van der Waals surface area contributed by atoms with Crippen LogP contribution in [0.1, 0.15) is 58.3 Å². The highest BCUT2D eigenvalue weighted by atomic mass is 16.5. The van der Waals surface area contributed by atoms with Gasteiger partial charge < -0.3 is 15.2 Å². The minimum absolute atomic E-state index is 0.225. The molecule has 0 saturated heterocycles. The molecule has 0 radical (unpaired) electrons. The van der Waals surface area contributed by atoms with Gasteiger partial charge in [-0.25, -0.2) is 0 Å². The summed E-state index contributed by atoms with van der Waals surface area (Å²) in [7, 11) is 1.74. The molecule has 0 aromatic carbocycles. The lowest BCUT2D eigenvalue weighted by Gasteiger charge is -2.43. The molecule has 4 nitrogen and oxygen atoms in total. The Kier molecular flexibility index (Phi) is 10.3. The molecular weight excluding hydrogens is 264 g/mol. The van der Waals surface area contributed by atoms with Crippen molar-refractivity contribution in [2.75, 3.05) is 46.6 Å². The van der Waals surface area contributed by atoms with Crippen LogP contribution in [0.5, 0.6) is 0 Å². The van der Waals surface area contributed by atoms with Crippen LogP contribution in [0, 0.1) is 0 Å². The number of nitrogens with two attached hydrogens (primary N) is 1. The summed E-state index contributed by atoms with van der Waals surface area (Å²) in [6.45, 7) is 7.58. The first-order valence-electron chi connectivity index (χ1n) is 8.81. The predicted octanol–water partition coefficient (Wildman–Crippen LogP) is 2.80. The summed E-state index contributed by atoms with van der Waals surface area (Å²) < 4.78 is 10.8. The molecule has 0 unspecified atom stereocenters. The number of nitrogens with zero attached hydrogens (tertiary/aromatic N) is 1. The van der Waals surface area contributed by atoms with E-state index in [-0.39, 0.29) is 5.54 Å². The molecular formula is C17H36N2O2. The maximum atomic E-state index is 6.21. The van der Waals surface area contributed by atoms with E-state index in [1.807, 2.05) is 0 Å². The number of methoxy groups -OCH3 is 1. The molecule has 21 heavy (non-hydrogen) atoms. The van der Waals surface area contributed by atoms with E-state index in [9.17, 15) is 0 Å². The Bertz CT molecular complexity index is 241. The average molecular weight is 300 g/mol. The third-order valence-electron chi connectivity index (χ3n) is 4.72. The van der Waals surface area contributed by atoms with Crippen LogP contribution in [-0.4, -0.2) is 57.0 Å². The second-order valence-electron chi connectivity index (χ2n) is 6.29. The van der Waals surface area contributed by atoms with E-state index < -0.39 is 0 Å². The molecule has 0 atom stereocenters. The van der Waals surface area contributed by atoms with E-state index in [0.29, 0.717) is 0 Å². The van der Waals surface area contributed by atoms with E-state index in [0.717, 1.165) is 45.9 Å². The Morgan fingerprint density at radius 2 is 1.71 bits per heavy atom. The highest BCUT2D eigenvalue weighted by molar-refractivity contribution is 4.93. The van der Waals surface area contributed by atoms with Gasteiger partial charge in [0.1, 0.15) is 0 Å². The van der Waals surface area contributed by atoms with Gasteiger partial charge in [0.05, 0.1) is 6.61 Å². The van der Waals surface area contributed by atoms with Crippen molar-refractivity contribution >= 4 is 0 Å². The zero-order valence-electron chi connectivity index (χ0n) is 14.2. The molecule has 0 bridgehead atoms. The fourth-order valence-corrected chi connectivity index (χ4v) is 3.47. The third kappa shape index (κ3) is 6.64. The first-order valence-corrected chi connectivity index (χ1v) is 8.81. The van der Waals surface area contributed by atoms with Gasteiger partial charge in [-0.1, -0.05) is 32.6 Å². The van der Waals surface area contributed by atoms with E-state index in [1.54, 1.807) is 7.11 Å². The van der Waals surface area contributed by atoms with Crippen LogP contribution in [0.25, 0.3) is 0 Å². The van der Waals surface area contributed by atoms with Crippen molar-refractivity contribution in [1.82, 2.24) is 4.90 Å². The van der Waals surface area contributed by atoms with Crippen molar-refractivity contribution in [1.29, 1.82) is 0 Å². The molecule has 126 valence electrons. The quantitative estimate of drug-likeness (QED) is 0.471. The molecule has 1 rings (SSSR count). The SMILES string of the molecule is CCCN(CCOCCCOC)C1(CN)CCCCCC1. The fourth-order valence-electron chi connectivity index (χ4n) is 3.47. The van der Waals surface area contributed by atoms with Crippen molar-refractivity contribution in [3.8, 4) is 0 Å². The van der Waals surface area contributed by atoms with Gasteiger partial charge in [0, 0.05) is 39.0 Å². The summed E-state index contributed by atoms with van der Waals surface area (Å²) in [6.07, 6.45) is 10.1. The van der Waals surface area contributed by atoms with Crippen LogP contribution in [0.3, 0.4) is 0 Å². The summed E-state index contributed by atoms with van der Waals surface area (Å²) in [6, 6.07) is 0. The summed E-state index contributed by atoms with van der Waals surface area (Å²) in [5.41, 5.74) is 6.43. The van der Waals surface area contributed by atoms with Crippen LogP contribution in [0.4, 0.5) is 0 Å². The predicted molar refractivity (Wildman–Crippen MR) is 88.7 cm³/mol. The molecule has 0 heterocycles. The normalized spacial score (nSPS) is 18.9. The molecule has 1 aliphatic rings. The highest BCUT2D eigenvalue weighted by Gasteiger charge is 2.34. The summed E-state index contributed by atoms with van der Waals surface area (Å²) >= 11 is 0. The molecule has 0 amide bonds. The first-order chi connectivity index (χ1) is 10.3. The van der Waals surface area contributed by atoms with E-state index >= 15 is 0 Å². The minimum Gasteiger partial charge on any atom is -0.385 e. The molecule has 4 heteroatoms. The lowest BCUT2D eigenvalue weighted by atomic mass is 9.88. The molecule has 1 saturated carbocycles. The van der Waals surface area contributed by atoms with E-state index in [1.165, 1.54) is 44.9 Å². The van der Waals surface area contributed by atoms with Crippen molar-refractivity contribution in [2.24, 2.45) is 5.73 Å². The topological polar surface area (TPSA) is 47.7 Å². The van der Waals surface area contributed by atoms with Crippen molar-refractivity contribution in [3.63, 3.8) is 0 Å². The van der Waals surface area contributed by atoms with Gasteiger partial charge in [0.2, 0.25) is 0 Å². The Morgan fingerprint density at radius 3 is 2.29 bits per heavy atom. The first kappa shape index (κ1) is 18.9. The van der Waals surface area contributed by atoms with Crippen LogP contribution in [-0.2, 0) is 9.47 Å². The fraction of sp³-hybridized carbons (Fsp3) is 1.00. The standard InChI is InChI=1S/C17H36N2O2/c1-3-11-19(12-15-21-14-8-13-20-2)17(16-18)9-6-4-5-7-10-17/h3-16,18H2,1-2H3.